The van der Waals surface area contributed by atoms with Crippen molar-refractivity contribution in [3.8, 4) is 0 Å². The summed E-state index contributed by atoms with van der Waals surface area (Å²) in [6.07, 6.45) is 1.55. The molecule has 0 atom stereocenters. The van der Waals surface area contributed by atoms with E-state index in [1.54, 1.807) is 18.3 Å². The van der Waals surface area contributed by atoms with Gasteiger partial charge < -0.3 is 5.32 Å². The number of hydrogen-bond donors (Lipinski definition) is 2. The molecule has 5 nitrogen and oxygen atoms in total. The summed E-state index contributed by atoms with van der Waals surface area (Å²) in [5.41, 5.74) is 4.97. The Morgan fingerprint density at radius 2 is 1.64 bits per heavy atom. The minimum atomic E-state index is -0.383. The van der Waals surface area contributed by atoms with Crippen molar-refractivity contribution >= 4 is 18.0 Å². The highest BCUT2D eigenvalue weighted by Gasteiger charge is 2.14. The van der Waals surface area contributed by atoms with Gasteiger partial charge in [0, 0.05) is 5.56 Å². The molecule has 130 valence electrons. The van der Waals surface area contributed by atoms with Crippen LogP contribution in [-0.2, 0) is 10.2 Å². The molecule has 0 aromatic heterocycles. The van der Waals surface area contributed by atoms with E-state index in [-0.39, 0.29) is 23.8 Å². The van der Waals surface area contributed by atoms with Crippen LogP contribution in [0.3, 0.4) is 0 Å². The van der Waals surface area contributed by atoms with Crippen molar-refractivity contribution < 1.29 is 9.59 Å². The normalized spacial score (nSPS) is 11.3. The number of hydrogen-bond acceptors (Lipinski definition) is 3. The zero-order valence-electron chi connectivity index (χ0n) is 14.7. The van der Waals surface area contributed by atoms with Gasteiger partial charge in [-0.15, -0.1) is 0 Å². The van der Waals surface area contributed by atoms with Gasteiger partial charge in [0.1, 0.15) is 0 Å². The van der Waals surface area contributed by atoms with Gasteiger partial charge in [0.05, 0.1) is 12.8 Å². The summed E-state index contributed by atoms with van der Waals surface area (Å²) in [5, 5.41) is 6.44. The lowest BCUT2D eigenvalue weighted by atomic mass is 9.87. The first-order valence-electron chi connectivity index (χ1n) is 8.12. The van der Waals surface area contributed by atoms with Crippen LogP contribution in [0.1, 0.15) is 42.3 Å². The SMILES string of the molecule is CC(C)(C)c1ccc(C(=O)NCC(=O)N/N=C\c2ccccc2)cc1. The number of benzene rings is 2. The fourth-order valence-electron chi connectivity index (χ4n) is 2.14. The Bertz CT molecular complexity index is 745. The summed E-state index contributed by atoms with van der Waals surface area (Å²) < 4.78 is 0. The van der Waals surface area contributed by atoms with Gasteiger partial charge in [-0.2, -0.15) is 5.10 Å². The molecule has 0 saturated heterocycles. The fraction of sp³-hybridized carbons (Fsp3) is 0.250. The second-order valence-corrected chi connectivity index (χ2v) is 6.71. The fourth-order valence-corrected chi connectivity index (χ4v) is 2.14. The highest BCUT2D eigenvalue weighted by atomic mass is 16.2. The van der Waals surface area contributed by atoms with Gasteiger partial charge in [-0.25, -0.2) is 5.43 Å². The molecule has 2 amide bonds. The minimum Gasteiger partial charge on any atom is -0.343 e. The van der Waals surface area contributed by atoms with E-state index in [4.69, 9.17) is 0 Å². The third-order valence-electron chi connectivity index (χ3n) is 3.63. The maximum atomic E-state index is 12.1. The smallest absolute Gasteiger partial charge is 0.259 e. The average Bonchev–Trinajstić information content (AvgIpc) is 2.60. The van der Waals surface area contributed by atoms with Gasteiger partial charge >= 0.3 is 0 Å². The van der Waals surface area contributed by atoms with Crippen molar-refractivity contribution in [3.63, 3.8) is 0 Å². The molecule has 0 heterocycles. The van der Waals surface area contributed by atoms with Gasteiger partial charge in [0.25, 0.3) is 11.8 Å². The number of carbonyl (C=O) groups is 2. The lowest BCUT2D eigenvalue weighted by Gasteiger charge is -2.19. The molecule has 0 radical (unpaired) electrons. The summed E-state index contributed by atoms with van der Waals surface area (Å²) in [6.45, 7) is 6.21. The van der Waals surface area contributed by atoms with Crippen LogP contribution in [-0.4, -0.2) is 24.6 Å². The van der Waals surface area contributed by atoms with Crippen LogP contribution in [0.25, 0.3) is 0 Å². The number of rotatable bonds is 5. The molecule has 0 aliphatic carbocycles. The van der Waals surface area contributed by atoms with Crippen LogP contribution in [0.5, 0.6) is 0 Å². The van der Waals surface area contributed by atoms with E-state index in [1.165, 1.54) is 0 Å². The van der Waals surface area contributed by atoms with Crippen LogP contribution in [0.4, 0.5) is 0 Å². The summed E-state index contributed by atoms with van der Waals surface area (Å²) in [5.74, 6) is -0.672. The largest absolute Gasteiger partial charge is 0.343 e. The van der Waals surface area contributed by atoms with E-state index in [0.29, 0.717) is 5.56 Å². The van der Waals surface area contributed by atoms with E-state index >= 15 is 0 Å². The molecular formula is C20H23N3O2. The van der Waals surface area contributed by atoms with Crippen molar-refractivity contribution in [3.05, 3.63) is 71.3 Å². The third-order valence-corrected chi connectivity index (χ3v) is 3.63. The van der Waals surface area contributed by atoms with Crippen molar-refractivity contribution in [2.45, 2.75) is 26.2 Å². The van der Waals surface area contributed by atoms with E-state index in [2.05, 4.69) is 36.6 Å². The summed E-state index contributed by atoms with van der Waals surface area (Å²) in [7, 11) is 0. The lowest BCUT2D eigenvalue weighted by Crippen LogP contribution is -2.34. The summed E-state index contributed by atoms with van der Waals surface area (Å²) >= 11 is 0. The van der Waals surface area contributed by atoms with E-state index < -0.39 is 0 Å². The molecule has 0 aliphatic heterocycles. The molecule has 5 heteroatoms. The topological polar surface area (TPSA) is 70.6 Å². The van der Waals surface area contributed by atoms with Gasteiger partial charge in [-0.1, -0.05) is 63.2 Å². The van der Waals surface area contributed by atoms with Crippen molar-refractivity contribution in [1.82, 2.24) is 10.7 Å². The number of nitrogens with zero attached hydrogens (tertiary/aromatic N) is 1. The van der Waals surface area contributed by atoms with Crippen LogP contribution < -0.4 is 10.7 Å². The van der Waals surface area contributed by atoms with Gasteiger partial charge in [0.2, 0.25) is 0 Å². The molecule has 2 N–H and O–H groups in total. The third kappa shape index (κ3) is 5.88. The Hall–Kier alpha value is -2.95. The molecule has 0 unspecified atom stereocenters. The monoisotopic (exact) mass is 337 g/mol. The molecule has 0 spiro atoms. The molecular weight excluding hydrogens is 314 g/mol. The average molecular weight is 337 g/mol. The second kappa shape index (κ2) is 8.24. The highest BCUT2D eigenvalue weighted by molar-refractivity contribution is 5.96. The standard InChI is InChI=1S/C20H23N3O2/c1-20(2,3)17-11-9-16(10-12-17)19(25)21-14-18(24)23-22-13-15-7-5-4-6-8-15/h4-13H,14H2,1-3H3,(H,21,25)(H,23,24)/b22-13-. The zero-order valence-corrected chi connectivity index (χ0v) is 14.7. The van der Waals surface area contributed by atoms with Crippen LogP contribution in [0.2, 0.25) is 0 Å². The number of nitrogens with one attached hydrogen (secondary N) is 2. The Labute approximate surface area is 148 Å². The van der Waals surface area contributed by atoms with Crippen molar-refractivity contribution in [2.75, 3.05) is 6.54 Å². The molecule has 0 fully saturated rings. The zero-order chi connectivity index (χ0) is 18.3. The minimum absolute atomic E-state index is 0.0334. The Kier molecular flexibility index (Phi) is 6.06. The van der Waals surface area contributed by atoms with Crippen LogP contribution in [0, 0.1) is 0 Å². The van der Waals surface area contributed by atoms with Crippen LogP contribution in [0.15, 0.2) is 59.7 Å². The molecule has 2 aromatic carbocycles. The molecule has 0 saturated carbocycles. The highest BCUT2D eigenvalue weighted by Crippen LogP contribution is 2.22. The molecule has 25 heavy (non-hydrogen) atoms. The first-order chi connectivity index (χ1) is 11.9. The summed E-state index contributed by atoms with van der Waals surface area (Å²) in [4.78, 5) is 23.8. The predicted octanol–water partition coefficient (Wildman–Crippen LogP) is 2.86. The van der Waals surface area contributed by atoms with Gasteiger partial charge in [-0.3, -0.25) is 9.59 Å². The summed E-state index contributed by atoms with van der Waals surface area (Å²) in [6, 6.07) is 16.8. The van der Waals surface area contributed by atoms with E-state index in [1.807, 2.05) is 42.5 Å². The second-order valence-electron chi connectivity index (χ2n) is 6.71. The van der Waals surface area contributed by atoms with Gasteiger partial charge in [0.15, 0.2) is 0 Å². The Morgan fingerprint density at radius 3 is 2.24 bits per heavy atom. The Balaban J connectivity index is 1.81. The quantitative estimate of drug-likeness (QED) is 0.650. The lowest BCUT2D eigenvalue weighted by molar-refractivity contribution is -0.120. The number of carbonyl (C=O) groups excluding carboxylic acids is 2. The van der Waals surface area contributed by atoms with E-state index in [0.717, 1.165) is 11.1 Å². The number of amides is 2. The Morgan fingerprint density at radius 1 is 1.00 bits per heavy atom. The predicted molar refractivity (Wildman–Crippen MR) is 99.7 cm³/mol. The maximum absolute atomic E-state index is 12.1. The van der Waals surface area contributed by atoms with Crippen LogP contribution >= 0.6 is 0 Å². The van der Waals surface area contributed by atoms with Gasteiger partial charge in [-0.05, 0) is 28.7 Å². The van der Waals surface area contributed by atoms with Crippen molar-refractivity contribution in [1.29, 1.82) is 0 Å². The molecule has 0 bridgehead atoms. The first kappa shape index (κ1) is 18.4. The molecule has 0 aliphatic rings. The number of hydrazone groups is 1. The maximum Gasteiger partial charge on any atom is 0.259 e. The van der Waals surface area contributed by atoms with Crippen molar-refractivity contribution in [2.24, 2.45) is 5.10 Å². The van der Waals surface area contributed by atoms with E-state index in [9.17, 15) is 9.59 Å². The molecule has 2 aromatic rings. The first-order valence-corrected chi connectivity index (χ1v) is 8.12. The molecule has 2 rings (SSSR count).